The summed E-state index contributed by atoms with van der Waals surface area (Å²) in [6.45, 7) is 2.64. The Morgan fingerprint density at radius 3 is 3.00 bits per heavy atom. The van der Waals surface area contributed by atoms with E-state index in [-0.39, 0.29) is 5.78 Å². The van der Waals surface area contributed by atoms with E-state index >= 15 is 0 Å². The van der Waals surface area contributed by atoms with Crippen molar-refractivity contribution >= 4 is 17.4 Å². The van der Waals surface area contributed by atoms with Crippen molar-refractivity contribution < 1.29 is 4.79 Å². The maximum absolute atomic E-state index is 12.2. The van der Waals surface area contributed by atoms with Crippen LogP contribution in [0.15, 0.2) is 30.6 Å². The summed E-state index contributed by atoms with van der Waals surface area (Å²) >= 11 is 6.03. The van der Waals surface area contributed by atoms with E-state index in [0.717, 1.165) is 18.9 Å². The maximum atomic E-state index is 12.2. The molecule has 1 aliphatic heterocycles. The highest BCUT2D eigenvalue weighted by Crippen LogP contribution is 2.17. The van der Waals surface area contributed by atoms with Crippen LogP contribution in [0.2, 0.25) is 5.02 Å². The smallest absolute Gasteiger partial charge is 0.178 e. The van der Waals surface area contributed by atoms with E-state index in [4.69, 9.17) is 11.6 Å². The fraction of sp³-hybridized carbons (Fsp3) is 0.308. The van der Waals surface area contributed by atoms with Crippen LogP contribution in [-0.4, -0.2) is 38.5 Å². The van der Waals surface area contributed by atoms with E-state index in [2.05, 4.69) is 15.1 Å². The molecule has 3 rings (SSSR count). The van der Waals surface area contributed by atoms with E-state index in [0.29, 0.717) is 23.7 Å². The molecule has 0 radical (unpaired) electrons. The molecule has 1 aromatic heterocycles. The number of halogens is 1. The minimum atomic E-state index is 0.0403. The molecule has 6 heteroatoms. The molecule has 19 heavy (non-hydrogen) atoms. The highest BCUT2D eigenvalue weighted by Gasteiger charge is 2.20. The molecule has 0 spiro atoms. The summed E-state index contributed by atoms with van der Waals surface area (Å²) in [4.78, 5) is 14.3. The lowest BCUT2D eigenvalue weighted by atomic mass is 10.1. The average Bonchev–Trinajstić information content (AvgIpc) is 2.86. The van der Waals surface area contributed by atoms with Crippen molar-refractivity contribution in [3.8, 4) is 0 Å². The third-order valence-corrected chi connectivity index (χ3v) is 3.59. The van der Waals surface area contributed by atoms with Gasteiger partial charge in [0.15, 0.2) is 5.78 Å². The summed E-state index contributed by atoms with van der Waals surface area (Å²) in [5, 5.41) is 8.42. The van der Waals surface area contributed by atoms with Crippen LogP contribution in [0.1, 0.15) is 16.2 Å². The Balaban J connectivity index is 1.70. The fourth-order valence-electron chi connectivity index (χ4n) is 2.23. The van der Waals surface area contributed by atoms with Crippen LogP contribution in [0, 0.1) is 0 Å². The predicted octanol–water partition coefficient (Wildman–Crippen LogP) is 1.63. The topological polar surface area (TPSA) is 51.0 Å². The quantitative estimate of drug-likeness (QED) is 0.800. The van der Waals surface area contributed by atoms with Crippen molar-refractivity contribution in [2.45, 2.75) is 13.1 Å². The summed E-state index contributed by atoms with van der Waals surface area (Å²) < 4.78 is 2.01. The third-order valence-electron chi connectivity index (χ3n) is 3.26. The number of nitrogens with zero attached hydrogens (tertiary/aromatic N) is 4. The standard InChI is InChI=1S/C13H13ClN4O/c14-11-4-2-1-3-10(11)12(19)7-17-5-6-18-9-15-16-13(18)8-17/h1-4,9H,5-8H2. The normalized spacial score (nSPS) is 15.2. The lowest BCUT2D eigenvalue weighted by Gasteiger charge is -2.26. The van der Waals surface area contributed by atoms with Crippen LogP contribution in [0.25, 0.3) is 0 Å². The molecule has 0 fully saturated rings. The van der Waals surface area contributed by atoms with Crippen molar-refractivity contribution in [3.63, 3.8) is 0 Å². The number of fused-ring (bicyclic) bond motifs is 1. The lowest BCUT2D eigenvalue weighted by Crippen LogP contribution is -2.37. The number of carbonyl (C=O) groups excluding carboxylic acids is 1. The largest absolute Gasteiger partial charge is 0.315 e. The molecular weight excluding hydrogens is 264 g/mol. The minimum Gasteiger partial charge on any atom is -0.315 e. The molecule has 0 atom stereocenters. The van der Waals surface area contributed by atoms with Gasteiger partial charge in [0.2, 0.25) is 0 Å². The van der Waals surface area contributed by atoms with Crippen molar-refractivity contribution in [2.24, 2.45) is 0 Å². The lowest BCUT2D eigenvalue weighted by molar-refractivity contribution is 0.0908. The Kier molecular flexibility index (Phi) is 3.31. The van der Waals surface area contributed by atoms with Crippen molar-refractivity contribution in [2.75, 3.05) is 13.1 Å². The predicted molar refractivity (Wildman–Crippen MR) is 71.1 cm³/mol. The molecule has 2 heterocycles. The molecule has 0 saturated carbocycles. The first-order valence-corrected chi connectivity index (χ1v) is 6.48. The summed E-state index contributed by atoms with van der Waals surface area (Å²) in [6, 6.07) is 7.15. The second kappa shape index (κ2) is 5.11. The summed E-state index contributed by atoms with van der Waals surface area (Å²) in [7, 11) is 0. The van der Waals surface area contributed by atoms with Gasteiger partial charge in [0, 0.05) is 18.7 Å². The first kappa shape index (κ1) is 12.3. The first-order chi connectivity index (χ1) is 9.24. The van der Waals surface area contributed by atoms with Crippen LogP contribution < -0.4 is 0 Å². The van der Waals surface area contributed by atoms with Gasteiger partial charge in [-0.25, -0.2) is 0 Å². The van der Waals surface area contributed by atoms with Crippen molar-refractivity contribution in [3.05, 3.63) is 47.0 Å². The van der Waals surface area contributed by atoms with Crippen molar-refractivity contribution in [1.82, 2.24) is 19.7 Å². The number of rotatable bonds is 3. The van der Waals surface area contributed by atoms with Gasteiger partial charge in [-0.05, 0) is 12.1 Å². The Labute approximate surface area is 115 Å². The maximum Gasteiger partial charge on any atom is 0.178 e. The van der Waals surface area contributed by atoms with Gasteiger partial charge >= 0.3 is 0 Å². The number of aromatic nitrogens is 3. The van der Waals surface area contributed by atoms with Gasteiger partial charge in [-0.3, -0.25) is 9.69 Å². The molecule has 98 valence electrons. The molecule has 0 N–H and O–H groups in total. The van der Waals surface area contributed by atoms with Crippen LogP contribution >= 0.6 is 11.6 Å². The van der Waals surface area contributed by atoms with Gasteiger partial charge in [0.1, 0.15) is 12.2 Å². The monoisotopic (exact) mass is 276 g/mol. The van der Waals surface area contributed by atoms with E-state index in [1.807, 2.05) is 16.7 Å². The summed E-state index contributed by atoms with van der Waals surface area (Å²) in [5.41, 5.74) is 0.580. The molecule has 0 unspecified atom stereocenters. The Bertz CT molecular complexity index is 610. The molecule has 1 aliphatic rings. The zero-order valence-corrected chi connectivity index (χ0v) is 11.0. The number of ketones is 1. The number of hydrogen-bond donors (Lipinski definition) is 0. The van der Waals surface area contributed by atoms with Crippen LogP contribution in [0.4, 0.5) is 0 Å². The number of carbonyl (C=O) groups is 1. The molecule has 0 bridgehead atoms. The summed E-state index contributed by atoms with van der Waals surface area (Å²) in [6.07, 6.45) is 1.72. The molecule has 0 amide bonds. The highest BCUT2D eigenvalue weighted by molar-refractivity contribution is 6.34. The zero-order chi connectivity index (χ0) is 13.2. The second-order valence-electron chi connectivity index (χ2n) is 4.55. The molecule has 1 aromatic carbocycles. The third kappa shape index (κ3) is 2.52. The van der Waals surface area contributed by atoms with Gasteiger partial charge in [-0.15, -0.1) is 10.2 Å². The Morgan fingerprint density at radius 1 is 1.32 bits per heavy atom. The van der Waals surface area contributed by atoms with Crippen molar-refractivity contribution in [1.29, 1.82) is 0 Å². The second-order valence-corrected chi connectivity index (χ2v) is 4.96. The highest BCUT2D eigenvalue weighted by atomic mass is 35.5. The van der Waals surface area contributed by atoms with Crippen LogP contribution in [-0.2, 0) is 13.1 Å². The zero-order valence-electron chi connectivity index (χ0n) is 10.3. The number of benzene rings is 1. The molecular formula is C13H13ClN4O. The van der Waals surface area contributed by atoms with Crippen LogP contribution in [0.3, 0.4) is 0 Å². The first-order valence-electron chi connectivity index (χ1n) is 6.11. The minimum absolute atomic E-state index is 0.0403. The number of hydrogen-bond acceptors (Lipinski definition) is 4. The number of Topliss-reactive ketones (excluding diaryl/α,β-unsaturated/α-hetero) is 1. The van der Waals surface area contributed by atoms with E-state index in [1.165, 1.54) is 0 Å². The Hall–Kier alpha value is -1.72. The molecule has 0 saturated heterocycles. The molecule has 2 aromatic rings. The van der Waals surface area contributed by atoms with Gasteiger partial charge in [-0.2, -0.15) is 0 Å². The fourth-order valence-corrected chi connectivity index (χ4v) is 2.47. The van der Waals surface area contributed by atoms with Gasteiger partial charge < -0.3 is 4.57 Å². The van der Waals surface area contributed by atoms with E-state index < -0.39 is 0 Å². The van der Waals surface area contributed by atoms with E-state index in [9.17, 15) is 4.79 Å². The Morgan fingerprint density at radius 2 is 2.16 bits per heavy atom. The molecule has 5 nitrogen and oxygen atoms in total. The van der Waals surface area contributed by atoms with Gasteiger partial charge in [-0.1, -0.05) is 23.7 Å². The van der Waals surface area contributed by atoms with E-state index in [1.54, 1.807) is 18.5 Å². The van der Waals surface area contributed by atoms with Gasteiger partial charge in [0.25, 0.3) is 0 Å². The van der Waals surface area contributed by atoms with Gasteiger partial charge in [0.05, 0.1) is 18.1 Å². The summed E-state index contributed by atoms with van der Waals surface area (Å²) in [5.74, 6) is 0.941. The molecule has 0 aliphatic carbocycles. The average molecular weight is 277 g/mol. The SMILES string of the molecule is O=C(CN1CCn2cnnc2C1)c1ccccc1Cl. The van der Waals surface area contributed by atoms with Crippen LogP contribution in [0.5, 0.6) is 0 Å².